The molecule has 0 radical (unpaired) electrons. The van der Waals surface area contributed by atoms with Crippen LogP contribution in [0.15, 0.2) is 67.3 Å². The van der Waals surface area contributed by atoms with E-state index in [4.69, 9.17) is 0 Å². The smallest absolute Gasteiger partial charge is 0.261 e. The van der Waals surface area contributed by atoms with Crippen molar-refractivity contribution in [2.45, 2.75) is 6.17 Å². The number of aromatic nitrogens is 4. The van der Waals surface area contributed by atoms with E-state index in [2.05, 4.69) is 25.7 Å². The summed E-state index contributed by atoms with van der Waals surface area (Å²) in [4.78, 5) is 35.7. The second-order valence-electron chi connectivity index (χ2n) is 6.89. The van der Waals surface area contributed by atoms with Crippen molar-refractivity contribution in [1.29, 1.82) is 0 Å². The number of carbonyl (C=O) groups is 2. The molecule has 0 fully saturated rings. The Bertz CT molecular complexity index is 1280. The molecule has 0 aliphatic carbocycles. The third-order valence-electron chi connectivity index (χ3n) is 5.00. The highest BCUT2D eigenvalue weighted by atomic mass is 16.2. The van der Waals surface area contributed by atoms with Crippen molar-refractivity contribution in [2.75, 3.05) is 17.3 Å². The summed E-state index contributed by atoms with van der Waals surface area (Å²) in [6.07, 6.45) is 6.08. The quantitative estimate of drug-likeness (QED) is 0.548. The number of carbonyl (C=O) groups excluding carboxylic acids is 2. The van der Waals surface area contributed by atoms with Gasteiger partial charge in [0.05, 0.1) is 11.8 Å². The van der Waals surface area contributed by atoms with Gasteiger partial charge in [0.15, 0.2) is 5.65 Å². The Balaban J connectivity index is 1.42. The van der Waals surface area contributed by atoms with Crippen LogP contribution in [0, 0.1) is 0 Å². The molecular weight excluding hydrogens is 382 g/mol. The number of anilines is 2. The van der Waals surface area contributed by atoms with Gasteiger partial charge in [0.1, 0.15) is 17.5 Å². The molecule has 0 saturated carbocycles. The van der Waals surface area contributed by atoms with E-state index in [9.17, 15) is 9.59 Å². The first-order chi connectivity index (χ1) is 14.6. The van der Waals surface area contributed by atoms with Crippen molar-refractivity contribution in [3.63, 3.8) is 0 Å². The van der Waals surface area contributed by atoms with Gasteiger partial charge in [-0.3, -0.25) is 9.59 Å². The summed E-state index contributed by atoms with van der Waals surface area (Å²) in [7, 11) is 1.87. The molecule has 1 aliphatic heterocycles. The Kier molecular flexibility index (Phi) is 4.13. The molecule has 0 saturated heterocycles. The molecule has 0 unspecified atom stereocenters. The zero-order valence-corrected chi connectivity index (χ0v) is 16.0. The summed E-state index contributed by atoms with van der Waals surface area (Å²) in [5.41, 5.74) is 2.80. The minimum atomic E-state index is -0.407. The van der Waals surface area contributed by atoms with Crippen molar-refractivity contribution >= 4 is 29.0 Å². The minimum absolute atomic E-state index is 0.187. The largest absolute Gasteiger partial charge is 0.335 e. The Morgan fingerprint density at radius 1 is 1.13 bits per heavy atom. The van der Waals surface area contributed by atoms with Gasteiger partial charge in [-0.15, -0.1) is 0 Å². The number of hydrogen-bond donors (Lipinski definition) is 2. The standard InChI is InChI=1S/C21H17N7O2/c1-27-17(26-20(29)15-7-3-8-22-18(15)27)13-5-2-6-14(11-13)25-21(30)16-12-24-28-10-4-9-23-19(16)28/h2-12,17H,1H3,(H,25,30)(H,26,29)/t17-/m0/s1. The van der Waals surface area contributed by atoms with Crippen LogP contribution in [0.25, 0.3) is 5.65 Å². The Labute approximate surface area is 171 Å². The van der Waals surface area contributed by atoms with Gasteiger partial charge in [-0.2, -0.15) is 5.10 Å². The number of nitrogens with zero attached hydrogens (tertiary/aromatic N) is 5. The number of rotatable bonds is 3. The molecule has 1 aromatic carbocycles. The first kappa shape index (κ1) is 17.8. The summed E-state index contributed by atoms with van der Waals surface area (Å²) in [5, 5.41) is 10.0. The van der Waals surface area contributed by atoms with Crippen LogP contribution in [0.3, 0.4) is 0 Å². The molecule has 4 aromatic rings. The second kappa shape index (κ2) is 6.96. The average molecular weight is 399 g/mol. The van der Waals surface area contributed by atoms with Crippen LogP contribution in [0.4, 0.5) is 11.5 Å². The van der Waals surface area contributed by atoms with Crippen LogP contribution in [0.2, 0.25) is 0 Å². The van der Waals surface area contributed by atoms with E-state index in [0.29, 0.717) is 28.3 Å². The van der Waals surface area contributed by atoms with Crippen molar-refractivity contribution in [2.24, 2.45) is 0 Å². The normalized spacial score (nSPS) is 15.6. The molecule has 9 heteroatoms. The highest BCUT2D eigenvalue weighted by Gasteiger charge is 2.30. The third kappa shape index (κ3) is 2.93. The van der Waals surface area contributed by atoms with Crippen LogP contribution in [0.1, 0.15) is 32.4 Å². The molecular formula is C21H17N7O2. The molecule has 1 aliphatic rings. The van der Waals surface area contributed by atoms with Crippen molar-refractivity contribution < 1.29 is 9.59 Å². The van der Waals surface area contributed by atoms with Gasteiger partial charge >= 0.3 is 0 Å². The predicted octanol–water partition coefficient (Wildman–Crippen LogP) is 2.25. The SMILES string of the molecule is CN1c2ncccc2C(=O)N[C@@H]1c1cccc(NC(=O)c2cnn3cccnc23)c1. The van der Waals surface area contributed by atoms with Crippen molar-refractivity contribution in [3.05, 3.63) is 83.9 Å². The van der Waals surface area contributed by atoms with E-state index in [1.54, 1.807) is 47.4 Å². The van der Waals surface area contributed by atoms with E-state index >= 15 is 0 Å². The summed E-state index contributed by atoms with van der Waals surface area (Å²) < 4.78 is 1.54. The maximum absolute atomic E-state index is 12.8. The van der Waals surface area contributed by atoms with Gasteiger partial charge in [0, 0.05) is 31.3 Å². The predicted molar refractivity (Wildman–Crippen MR) is 110 cm³/mol. The number of fused-ring (bicyclic) bond motifs is 2. The highest BCUT2D eigenvalue weighted by molar-refractivity contribution is 6.08. The second-order valence-corrected chi connectivity index (χ2v) is 6.89. The molecule has 5 rings (SSSR count). The molecule has 30 heavy (non-hydrogen) atoms. The lowest BCUT2D eigenvalue weighted by Gasteiger charge is -2.35. The first-order valence-corrected chi connectivity index (χ1v) is 9.30. The Morgan fingerprint density at radius 2 is 2.00 bits per heavy atom. The lowest BCUT2D eigenvalue weighted by Crippen LogP contribution is -2.45. The van der Waals surface area contributed by atoms with E-state index in [1.165, 1.54) is 6.20 Å². The van der Waals surface area contributed by atoms with Crippen LogP contribution in [0.5, 0.6) is 0 Å². The van der Waals surface area contributed by atoms with Gasteiger partial charge in [-0.05, 0) is 35.9 Å². The van der Waals surface area contributed by atoms with Crippen LogP contribution in [-0.2, 0) is 0 Å². The van der Waals surface area contributed by atoms with Crippen molar-refractivity contribution in [3.8, 4) is 0 Å². The van der Waals surface area contributed by atoms with E-state index in [0.717, 1.165) is 5.56 Å². The maximum atomic E-state index is 12.8. The van der Waals surface area contributed by atoms with Crippen LogP contribution in [-0.4, -0.2) is 38.4 Å². The molecule has 1 atom stereocenters. The topological polar surface area (TPSA) is 105 Å². The lowest BCUT2D eigenvalue weighted by molar-refractivity contribution is 0.0926. The Morgan fingerprint density at radius 3 is 2.90 bits per heavy atom. The number of hydrogen-bond acceptors (Lipinski definition) is 6. The summed E-state index contributed by atoms with van der Waals surface area (Å²) in [6, 6.07) is 12.6. The monoisotopic (exact) mass is 399 g/mol. The van der Waals surface area contributed by atoms with Crippen LogP contribution >= 0.6 is 0 Å². The molecule has 0 bridgehead atoms. The zero-order valence-electron chi connectivity index (χ0n) is 16.0. The fraction of sp³-hybridized carbons (Fsp3) is 0.0952. The highest BCUT2D eigenvalue weighted by Crippen LogP contribution is 2.30. The lowest BCUT2D eigenvalue weighted by atomic mass is 10.1. The van der Waals surface area contributed by atoms with Gasteiger partial charge < -0.3 is 15.5 Å². The van der Waals surface area contributed by atoms with Gasteiger partial charge in [-0.25, -0.2) is 14.5 Å². The zero-order chi connectivity index (χ0) is 20.7. The first-order valence-electron chi connectivity index (χ1n) is 9.30. The molecule has 9 nitrogen and oxygen atoms in total. The molecule has 2 N–H and O–H groups in total. The molecule has 3 aromatic heterocycles. The fourth-order valence-electron chi connectivity index (χ4n) is 3.56. The summed E-state index contributed by atoms with van der Waals surface area (Å²) >= 11 is 0. The summed E-state index contributed by atoms with van der Waals surface area (Å²) in [5.74, 6) is 0.111. The summed E-state index contributed by atoms with van der Waals surface area (Å²) in [6.45, 7) is 0. The number of pyridine rings is 1. The molecule has 2 amide bonds. The van der Waals surface area contributed by atoms with Gasteiger partial charge in [-0.1, -0.05) is 12.1 Å². The minimum Gasteiger partial charge on any atom is -0.335 e. The number of amides is 2. The Hall–Kier alpha value is -4.27. The molecule has 148 valence electrons. The van der Waals surface area contributed by atoms with Gasteiger partial charge in [0.2, 0.25) is 0 Å². The third-order valence-corrected chi connectivity index (χ3v) is 5.00. The number of nitrogens with one attached hydrogen (secondary N) is 2. The maximum Gasteiger partial charge on any atom is 0.261 e. The van der Waals surface area contributed by atoms with E-state index < -0.39 is 6.17 Å². The molecule has 0 spiro atoms. The van der Waals surface area contributed by atoms with Crippen molar-refractivity contribution in [1.82, 2.24) is 24.9 Å². The number of benzene rings is 1. The fourth-order valence-corrected chi connectivity index (χ4v) is 3.56. The molecule has 4 heterocycles. The van der Waals surface area contributed by atoms with E-state index in [1.807, 2.05) is 30.1 Å². The van der Waals surface area contributed by atoms with E-state index in [-0.39, 0.29) is 11.8 Å². The van der Waals surface area contributed by atoms with Gasteiger partial charge in [0.25, 0.3) is 11.8 Å². The average Bonchev–Trinajstić information content (AvgIpc) is 3.21. The van der Waals surface area contributed by atoms with Crippen LogP contribution < -0.4 is 15.5 Å².